The number of rotatable bonds is 4. The first-order chi connectivity index (χ1) is 16.4. The van der Waals surface area contributed by atoms with Crippen LogP contribution in [0.25, 0.3) is 11.4 Å². The SMILES string of the molecule is Cc1ccc(C2Nn3c(nnc3-c3ccccc3)SC2C(=O)Nc2c(C)cc(C)cc2C)cc1. The third-order valence-electron chi connectivity index (χ3n) is 6.09. The molecule has 2 N–H and O–H groups in total. The molecule has 1 aliphatic heterocycles. The maximum atomic E-state index is 13.7. The van der Waals surface area contributed by atoms with Crippen LogP contribution in [0.3, 0.4) is 0 Å². The third-order valence-corrected chi connectivity index (χ3v) is 7.30. The number of thioether (sulfide) groups is 1. The summed E-state index contributed by atoms with van der Waals surface area (Å²) in [7, 11) is 0. The largest absolute Gasteiger partial charge is 0.325 e. The van der Waals surface area contributed by atoms with E-state index in [0.29, 0.717) is 5.16 Å². The number of amides is 1. The van der Waals surface area contributed by atoms with Gasteiger partial charge in [0.15, 0.2) is 5.82 Å². The van der Waals surface area contributed by atoms with Crippen molar-refractivity contribution in [2.75, 3.05) is 10.7 Å². The molecule has 0 saturated heterocycles. The molecule has 1 aliphatic rings. The van der Waals surface area contributed by atoms with Crippen molar-refractivity contribution >= 4 is 23.4 Å². The van der Waals surface area contributed by atoms with Crippen LogP contribution in [0, 0.1) is 27.7 Å². The van der Waals surface area contributed by atoms with Crippen molar-refractivity contribution in [3.63, 3.8) is 0 Å². The second kappa shape index (κ2) is 8.99. The number of hydrogen-bond acceptors (Lipinski definition) is 5. The fourth-order valence-electron chi connectivity index (χ4n) is 4.42. The van der Waals surface area contributed by atoms with Crippen molar-refractivity contribution in [3.8, 4) is 11.4 Å². The van der Waals surface area contributed by atoms with E-state index < -0.39 is 5.25 Å². The van der Waals surface area contributed by atoms with Crippen molar-refractivity contribution in [2.45, 2.75) is 44.1 Å². The van der Waals surface area contributed by atoms with E-state index in [2.05, 4.69) is 71.2 Å². The Morgan fingerprint density at radius 3 is 2.26 bits per heavy atom. The summed E-state index contributed by atoms with van der Waals surface area (Å²) in [6.07, 6.45) is 0. The third kappa shape index (κ3) is 4.19. The van der Waals surface area contributed by atoms with Gasteiger partial charge in [-0.2, -0.15) is 0 Å². The Labute approximate surface area is 203 Å². The molecular formula is C27H27N5OS. The summed E-state index contributed by atoms with van der Waals surface area (Å²) < 4.78 is 1.90. The quantitative estimate of drug-likeness (QED) is 0.408. The lowest BCUT2D eigenvalue weighted by Crippen LogP contribution is -2.41. The first-order valence-electron chi connectivity index (χ1n) is 11.3. The monoisotopic (exact) mass is 469 g/mol. The smallest absolute Gasteiger partial charge is 0.240 e. The highest BCUT2D eigenvalue weighted by Gasteiger charge is 2.38. The van der Waals surface area contributed by atoms with E-state index in [1.54, 1.807) is 0 Å². The van der Waals surface area contributed by atoms with Gasteiger partial charge in [0.1, 0.15) is 5.25 Å². The molecule has 2 heterocycles. The highest BCUT2D eigenvalue weighted by Crippen LogP contribution is 2.39. The number of carbonyl (C=O) groups excluding carboxylic acids is 1. The van der Waals surface area contributed by atoms with Crippen LogP contribution in [0.2, 0.25) is 0 Å². The van der Waals surface area contributed by atoms with Crippen molar-refractivity contribution in [1.82, 2.24) is 14.9 Å². The average molecular weight is 470 g/mol. The van der Waals surface area contributed by atoms with Gasteiger partial charge in [-0.1, -0.05) is 89.6 Å². The molecule has 0 fully saturated rings. The molecule has 2 atom stereocenters. The van der Waals surface area contributed by atoms with E-state index >= 15 is 0 Å². The average Bonchev–Trinajstić information content (AvgIpc) is 3.24. The summed E-state index contributed by atoms with van der Waals surface area (Å²) in [6, 6.07) is 22.2. The van der Waals surface area contributed by atoms with E-state index in [0.717, 1.165) is 33.8 Å². The van der Waals surface area contributed by atoms with Crippen molar-refractivity contribution in [2.24, 2.45) is 0 Å². The number of aryl methyl sites for hydroxylation is 4. The zero-order valence-corrected chi connectivity index (χ0v) is 20.5. The van der Waals surface area contributed by atoms with Crippen LogP contribution in [0.5, 0.6) is 0 Å². The van der Waals surface area contributed by atoms with Gasteiger partial charge < -0.3 is 10.7 Å². The molecule has 4 aromatic rings. The van der Waals surface area contributed by atoms with Gasteiger partial charge in [0, 0.05) is 11.3 Å². The van der Waals surface area contributed by atoms with Crippen molar-refractivity contribution in [3.05, 3.63) is 94.5 Å². The highest BCUT2D eigenvalue weighted by atomic mass is 32.2. The minimum atomic E-state index is -0.428. The summed E-state index contributed by atoms with van der Waals surface area (Å²) in [4.78, 5) is 13.7. The lowest BCUT2D eigenvalue weighted by atomic mass is 10.0. The van der Waals surface area contributed by atoms with Gasteiger partial charge in [-0.15, -0.1) is 10.2 Å². The summed E-state index contributed by atoms with van der Waals surface area (Å²) >= 11 is 1.44. The number of hydrogen-bond donors (Lipinski definition) is 2. The van der Waals surface area contributed by atoms with Gasteiger partial charge in [-0.25, -0.2) is 4.68 Å². The molecule has 0 spiro atoms. The van der Waals surface area contributed by atoms with E-state index in [-0.39, 0.29) is 11.9 Å². The first kappa shape index (κ1) is 22.2. The van der Waals surface area contributed by atoms with E-state index in [9.17, 15) is 4.79 Å². The second-order valence-electron chi connectivity index (χ2n) is 8.83. The number of fused-ring (bicyclic) bond motifs is 1. The molecule has 34 heavy (non-hydrogen) atoms. The van der Waals surface area contributed by atoms with Crippen molar-refractivity contribution in [1.29, 1.82) is 0 Å². The molecule has 6 nitrogen and oxygen atoms in total. The van der Waals surface area contributed by atoms with Gasteiger partial charge in [-0.05, 0) is 44.4 Å². The Hall–Kier alpha value is -3.58. The molecule has 0 bridgehead atoms. The number of benzene rings is 3. The van der Waals surface area contributed by atoms with Crippen LogP contribution in [0.15, 0.2) is 71.9 Å². The molecule has 2 unspecified atom stereocenters. The second-order valence-corrected chi connectivity index (χ2v) is 9.94. The normalized spacial score (nSPS) is 17.1. The standard InChI is InChI=1S/C27H27N5OS/c1-16-10-12-20(13-11-16)23-24(26(33)28-22-18(3)14-17(2)15-19(22)4)34-27-30-29-25(32(27)31-23)21-8-6-5-7-9-21/h5-15,23-24,31H,1-4H3,(H,28,33). The van der Waals surface area contributed by atoms with Crippen LogP contribution in [-0.4, -0.2) is 26.0 Å². The maximum absolute atomic E-state index is 13.7. The fraction of sp³-hybridized carbons (Fsp3) is 0.222. The Morgan fingerprint density at radius 1 is 0.912 bits per heavy atom. The van der Waals surface area contributed by atoms with Gasteiger partial charge in [0.2, 0.25) is 11.1 Å². The molecule has 0 aliphatic carbocycles. The molecule has 0 radical (unpaired) electrons. The summed E-state index contributed by atoms with van der Waals surface area (Å²) in [5.41, 5.74) is 10.9. The minimum Gasteiger partial charge on any atom is -0.325 e. The van der Waals surface area contributed by atoms with Gasteiger partial charge in [0.25, 0.3) is 0 Å². The number of nitrogens with zero attached hydrogens (tertiary/aromatic N) is 3. The van der Waals surface area contributed by atoms with E-state index in [1.807, 2.05) is 48.9 Å². The lowest BCUT2D eigenvalue weighted by Gasteiger charge is -2.33. The van der Waals surface area contributed by atoms with Crippen LogP contribution in [-0.2, 0) is 4.79 Å². The predicted octanol–water partition coefficient (Wildman–Crippen LogP) is 5.58. The molecule has 172 valence electrons. The number of aromatic nitrogens is 3. The maximum Gasteiger partial charge on any atom is 0.240 e. The molecule has 1 aromatic heterocycles. The molecule has 7 heteroatoms. The molecule has 1 amide bonds. The Bertz CT molecular complexity index is 1320. The Balaban J connectivity index is 1.53. The summed E-state index contributed by atoms with van der Waals surface area (Å²) in [6.45, 7) is 8.19. The van der Waals surface area contributed by atoms with Gasteiger partial charge >= 0.3 is 0 Å². The molecule has 5 rings (SSSR count). The highest BCUT2D eigenvalue weighted by molar-refractivity contribution is 8.00. The molecular weight excluding hydrogens is 442 g/mol. The van der Waals surface area contributed by atoms with Crippen LogP contribution in [0.4, 0.5) is 5.69 Å². The van der Waals surface area contributed by atoms with Crippen LogP contribution < -0.4 is 10.7 Å². The fourth-order valence-corrected chi connectivity index (χ4v) is 5.50. The zero-order chi connectivity index (χ0) is 23.8. The number of anilines is 1. The molecule has 3 aromatic carbocycles. The van der Waals surface area contributed by atoms with Crippen molar-refractivity contribution < 1.29 is 4.79 Å². The Kier molecular flexibility index (Phi) is 5.87. The number of carbonyl (C=O) groups is 1. The van der Waals surface area contributed by atoms with E-state index in [4.69, 9.17) is 0 Å². The van der Waals surface area contributed by atoms with Crippen LogP contribution in [0.1, 0.15) is 33.9 Å². The minimum absolute atomic E-state index is 0.0614. The predicted molar refractivity (Wildman–Crippen MR) is 138 cm³/mol. The summed E-state index contributed by atoms with van der Waals surface area (Å²) in [5.74, 6) is 0.665. The summed E-state index contributed by atoms with van der Waals surface area (Å²) in [5, 5.41) is 12.3. The Morgan fingerprint density at radius 2 is 1.59 bits per heavy atom. The molecule has 0 saturated carbocycles. The van der Waals surface area contributed by atoms with Gasteiger partial charge in [-0.3, -0.25) is 4.79 Å². The van der Waals surface area contributed by atoms with E-state index in [1.165, 1.54) is 22.9 Å². The lowest BCUT2D eigenvalue weighted by molar-refractivity contribution is -0.116. The topological polar surface area (TPSA) is 71.8 Å². The van der Waals surface area contributed by atoms with Gasteiger partial charge in [0.05, 0.1) is 6.04 Å². The zero-order valence-electron chi connectivity index (χ0n) is 19.7. The number of nitrogens with one attached hydrogen (secondary N) is 2. The van der Waals surface area contributed by atoms with Crippen LogP contribution >= 0.6 is 11.8 Å². The first-order valence-corrected chi connectivity index (χ1v) is 12.2.